The molecule has 7 heteroatoms. The summed E-state index contributed by atoms with van der Waals surface area (Å²) in [6.07, 6.45) is 3.72. The van der Waals surface area contributed by atoms with Crippen LogP contribution in [0.15, 0.2) is 36.7 Å². The Hall–Kier alpha value is -2.34. The van der Waals surface area contributed by atoms with Crippen molar-refractivity contribution in [2.24, 2.45) is 7.05 Å². The third kappa shape index (κ3) is 3.28. The lowest BCUT2D eigenvalue weighted by Crippen LogP contribution is -2.32. The Labute approximate surface area is 145 Å². The van der Waals surface area contributed by atoms with Crippen molar-refractivity contribution < 1.29 is 4.79 Å². The molecule has 0 bridgehead atoms. The van der Waals surface area contributed by atoms with Crippen LogP contribution < -0.4 is 0 Å². The minimum Gasteiger partial charge on any atom is -0.351 e. The Kier molecular flexibility index (Phi) is 4.85. The lowest BCUT2D eigenvalue weighted by Gasteiger charge is -2.22. The van der Waals surface area contributed by atoms with Crippen LogP contribution in [0, 0.1) is 0 Å². The molecule has 6 nitrogen and oxygen atoms in total. The molecule has 24 heavy (non-hydrogen) atoms. The number of halogens is 1. The fraction of sp³-hybridized carbons (Fsp3) is 0.353. The normalized spacial score (nSPS) is 11.1. The zero-order chi connectivity index (χ0) is 17.1. The minimum atomic E-state index is -0.104. The number of carbonyl (C=O) groups is 1. The molecular weight excluding hydrogens is 326 g/mol. The average molecular weight is 346 g/mol. The number of benzene rings is 1. The second-order valence-corrected chi connectivity index (χ2v) is 6.01. The van der Waals surface area contributed by atoms with E-state index in [0.717, 1.165) is 16.8 Å². The Bertz CT molecular complexity index is 854. The van der Waals surface area contributed by atoms with E-state index in [1.165, 1.54) is 5.39 Å². The van der Waals surface area contributed by atoms with Crippen molar-refractivity contribution in [3.05, 3.63) is 47.9 Å². The number of hydrogen-bond acceptors (Lipinski definition) is 3. The van der Waals surface area contributed by atoms with E-state index in [0.29, 0.717) is 19.6 Å². The SMILES string of the molecule is CCn1nncc1CN(Cc1ccc2ccn(C)c2c1)C(=O)CCl. The van der Waals surface area contributed by atoms with Gasteiger partial charge in [-0.1, -0.05) is 17.3 Å². The van der Waals surface area contributed by atoms with Gasteiger partial charge in [-0.15, -0.1) is 16.7 Å². The molecule has 0 unspecified atom stereocenters. The van der Waals surface area contributed by atoms with Crippen molar-refractivity contribution in [1.29, 1.82) is 0 Å². The molecule has 0 aliphatic rings. The average Bonchev–Trinajstić information content (AvgIpc) is 3.20. The summed E-state index contributed by atoms with van der Waals surface area (Å²) in [4.78, 5) is 14.0. The molecule has 3 rings (SSSR count). The maximum absolute atomic E-state index is 12.3. The van der Waals surface area contributed by atoms with Gasteiger partial charge in [0.25, 0.3) is 0 Å². The molecule has 0 aliphatic carbocycles. The Morgan fingerprint density at radius 3 is 2.88 bits per heavy atom. The van der Waals surface area contributed by atoms with Crippen molar-refractivity contribution in [2.45, 2.75) is 26.6 Å². The van der Waals surface area contributed by atoms with Gasteiger partial charge in [-0.05, 0) is 30.0 Å². The number of aromatic nitrogens is 4. The molecule has 126 valence electrons. The van der Waals surface area contributed by atoms with E-state index >= 15 is 0 Å². The predicted molar refractivity (Wildman–Crippen MR) is 93.6 cm³/mol. The first kappa shape index (κ1) is 16.5. The number of fused-ring (bicyclic) bond motifs is 1. The number of hydrogen-bond donors (Lipinski definition) is 0. The fourth-order valence-corrected chi connectivity index (χ4v) is 2.98. The molecule has 0 saturated carbocycles. The number of alkyl halides is 1. The summed E-state index contributed by atoms with van der Waals surface area (Å²) >= 11 is 5.80. The van der Waals surface area contributed by atoms with Gasteiger partial charge in [-0.3, -0.25) is 4.79 Å². The van der Waals surface area contributed by atoms with Crippen molar-refractivity contribution in [3.8, 4) is 0 Å². The van der Waals surface area contributed by atoms with Gasteiger partial charge in [0.15, 0.2) is 0 Å². The molecule has 1 amide bonds. The van der Waals surface area contributed by atoms with E-state index in [4.69, 9.17) is 11.6 Å². The third-order valence-electron chi connectivity index (χ3n) is 4.14. The van der Waals surface area contributed by atoms with E-state index < -0.39 is 0 Å². The summed E-state index contributed by atoms with van der Waals surface area (Å²) in [5.74, 6) is -0.146. The van der Waals surface area contributed by atoms with Crippen LogP contribution in [0.25, 0.3) is 10.9 Å². The highest BCUT2D eigenvalue weighted by Crippen LogP contribution is 2.18. The van der Waals surface area contributed by atoms with E-state index in [9.17, 15) is 4.79 Å². The quantitative estimate of drug-likeness (QED) is 0.645. The first-order valence-corrected chi connectivity index (χ1v) is 8.41. The smallest absolute Gasteiger partial charge is 0.238 e. The molecular formula is C17H20ClN5O. The second-order valence-electron chi connectivity index (χ2n) is 5.74. The van der Waals surface area contributed by atoms with Crippen LogP contribution >= 0.6 is 11.6 Å². The van der Waals surface area contributed by atoms with Gasteiger partial charge in [-0.25, -0.2) is 4.68 Å². The summed E-state index contributed by atoms with van der Waals surface area (Å²) in [7, 11) is 2.01. The van der Waals surface area contributed by atoms with Crippen LogP contribution in [-0.2, 0) is 31.5 Å². The summed E-state index contributed by atoms with van der Waals surface area (Å²) in [6.45, 7) is 3.65. The molecule has 0 spiro atoms. The van der Waals surface area contributed by atoms with Gasteiger partial charge in [0.1, 0.15) is 5.88 Å². The van der Waals surface area contributed by atoms with Crippen molar-refractivity contribution in [2.75, 3.05) is 5.88 Å². The molecule has 0 aliphatic heterocycles. The Balaban J connectivity index is 1.85. The highest BCUT2D eigenvalue weighted by molar-refractivity contribution is 6.27. The van der Waals surface area contributed by atoms with Crippen LogP contribution in [0.1, 0.15) is 18.2 Å². The molecule has 0 radical (unpaired) electrons. The largest absolute Gasteiger partial charge is 0.351 e. The number of nitrogens with zero attached hydrogens (tertiary/aromatic N) is 5. The maximum Gasteiger partial charge on any atom is 0.238 e. The molecule has 3 aromatic rings. The fourth-order valence-electron chi connectivity index (χ4n) is 2.81. The number of carbonyl (C=O) groups excluding carboxylic acids is 1. The monoisotopic (exact) mass is 345 g/mol. The zero-order valence-corrected chi connectivity index (χ0v) is 14.6. The molecule has 0 fully saturated rings. The first-order valence-electron chi connectivity index (χ1n) is 7.87. The Morgan fingerprint density at radius 2 is 2.12 bits per heavy atom. The van der Waals surface area contributed by atoms with E-state index in [1.807, 2.05) is 26.2 Å². The second kappa shape index (κ2) is 7.05. The van der Waals surface area contributed by atoms with Gasteiger partial charge in [-0.2, -0.15) is 0 Å². The third-order valence-corrected chi connectivity index (χ3v) is 4.37. The number of aryl methyl sites for hydroxylation is 2. The Morgan fingerprint density at radius 1 is 1.29 bits per heavy atom. The van der Waals surface area contributed by atoms with Gasteiger partial charge in [0.2, 0.25) is 5.91 Å². The summed E-state index contributed by atoms with van der Waals surface area (Å²) < 4.78 is 3.86. The highest BCUT2D eigenvalue weighted by atomic mass is 35.5. The number of rotatable bonds is 6. The van der Waals surface area contributed by atoms with Crippen LogP contribution in [0.2, 0.25) is 0 Å². The molecule has 0 N–H and O–H groups in total. The number of amides is 1. The van der Waals surface area contributed by atoms with Crippen LogP contribution in [0.5, 0.6) is 0 Å². The molecule has 0 saturated heterocycles. The highest BCUT2D eigenvalue weighted by Gasteiger charge is 2.16. The minimum absolute atomic E-state index is 0.0416. The molecule has 2 heterocycles. The van der Waals surface area contributed by atoms with E-state index in [2.05, 4.69) is 33.1 Å². The molecule has 1 aromatic carbocycles. The van der Waals surface area contributed by atoms with Crippen LogP contribution in [0.4, 0.5) is 0 Å². The summed E-state index contributed by atoms with van der Waals surface area (Å²) in [5.41, 5.74) is 3.11. The van der Waals surface area contributed by atoms with Gasteiger partial charge >= 0.3 is 0 Å². The maximum atomic E-state index is 12.3. The topological polar surface area (TPSA) is 56.0 Å². The van der Waals surface area contributed by atoms with Crippen molar-refractivity contribution >= 4 is 28.4 Å². The molecule has 0 atom stereocenters. The lowest BCUT2D eigenvalue weighted by atomic mass is 10.1. The van der Waals surface area contributed by atoms with Gasteiger partial charge in [0, 0.05) is 31.9 Å². The van der Waals surface area contributed by atoms with Crippen LogP contribution in [0.3, 0.4) is 0 Å². The van der Waals surface area contributed by atoms with Crippen molar-refractivity contribution in [3.63, 3.8) is 0 Å². The lowest BCUT2D eigenvalue weighted by molar-refractivity contribution is -0.129. The van der Waals surface area contributed by atoms with Crippen molar-refractivity contribution in [1.82, 2.24) is 24.5 Å². The van der Waals surface area contributed by atoms with Gasteiger partial charge in [0.05, 0.1) is 18.4 Å². The first-order chi connectivity index (χ1) is 11.6. The standard InChI is InChI=1S/C17H20ClN5O/c1-3-23-15(10-19-20-23)12-22(17(24)9-18)11-13-4-5-14-6-7-21(2)16(14)8-13/h4-8,10H,3,9,11-12H2,1-2H3. The summed E-state index contributed by atoms with van der Waals surface area (Å²) in [6, 6.07) is 8.31. The van der Waals surface area contributed by atoms with E-state index in [-0.39, 0.29) is 11.8 Å². The van der Waals surface area contributed by atoms with E-state index in [1.54, 1.807) is 15.8 Å². The van der Waals surface area contributed by atoms with Gasteiger partial charge < -0.3 is 9.47 Å². The molecule has 2 aromatic heterocycles. The summed E-state index contributed by atoms with van der Waals surface area (Å²) in [5, 5.41) is 9.13. The van der Waals surface area contributed by atoms with Crippen LogP contribution in [-0.4, -0.2) is 36.2 Å². The predicted octanol–water partition coefficient (Wildman–Crippen LogP) is 2.56. The zero-order valence-electron chi connectivity index (χ0n) is 13.8.